The lowest BCUT2D eigenvalue weighted by atomic mass is 9.88. The fourth-order valence-corrected chi connectivity index (χ4v) is 4.96. The van der Waals surface area contributed by atoms with Crippen molar-refractivity contribution in [2.24, 2.45) is 0 Å². The predicted octanol–water partition coefficient (Wildman–Crippen LogP) is 4.45. The Morgan fingerprint density at radius 2 is 1.73 bits per heavy atom. The first-order valence-corrected chi connectivity index (χ1v) is 14.6. The van der Waals surface area contributed by atoms with Crippen molar-refractivity contribution in [1.29, 1.82) is 0 Å². The van der Waals surface area contributed by atoms with Gasteiger partial charge in [-0.2, -0.15) is 0 Å². The number of carbonyl (C=O) groups excluding carboxylic acids is 2. The van der Waals surface area contributed by atoms with Crippen LogP contribution in [-0.2, 0) is 20.7 Å². The van der Waals surface area contributed by atoms with Gasteiger partial charge >= 0.3 is 6.09 Å². The molecule has 1 fully saturated rings. The zero-order valence-corrected chi connectivity index (χ0v) is 24.4. The Labute approximate surface area is 254 Å². The van der Waals surface area contributed by atoms with Crippen LogP contribution in [0, 0.1) is 17.5 Å². The highest BCUT2D eigenvalue weighted by Gasteiger charge is 2.24. The van der Waals surface area contributed by atoms with Gasteiger partial charge in [0.15, 0.2) is 0 Å². The number of pyridine rings is 1. The molecule has 1 aliphatic rings. The fourth-order valence-electron chi connectivity index (χ4n) is 4.96. The highest BCUT2D eigenvalue weighted by molar-refractivity contribution is 5.92. The maximum Gasteiger partial charge on any atom is 0.407 e. The second-order valence-corrected chi connectivity index (χ2v) is 10.7. The second kappa shape index (κ2) is 16.2. The molecule has 2 aromatic carbocycles. The fraction of sp³-hybridized carbons (Fsp3) is 0.406. The molecule has 9 nitrogen and oxygen atoms in total. The van der Waals surface area contributed by atoms with E-state index in [0.717, 1.165) is 6.20 Å². The van der Waals surface area contributed by atoms with E-state index >= 15 is 0 Å². The summed E-state index contributed by atoms with van der Waals surface area (Å²) >= 11 is 0. The smallest absolute Gasteiger partial charge is 0.407 e. The van der Waals surface area contributed by atoms with Crippen molar-refractivity contribution < 1.29 is 37.3 Å². The summed E-state index contributed by atoms with van der Waals surface area (Å²) in [5.41, 5.74) is 1.87. The number of nitrogens with one attached hydrogen (secondary N) is 3. The minimum atomic E-state index is -0.612. The standard InChI is InChI=1S/C32H37F3N4O5/c1-2-24(17-40)38-32(42)44-19-25-18-43-26(14-37-25)11-12-27-29(35)15-36-16-30(27)39-31(41)13-28(20-3-7-22(33)8-4-20)21-5-9-23(34)10-6-21/h3-10,15-16,24-26,28,37,40H,2,11-14,17-19H2,1H3,(H,38,42)(H,39,41)/t24?,25-,26+/m0/s1. The molecule has 12 heteroatoms. The van der Waals surface area contributed by atoms with Crippen molar-refractivity contribution in [2.45, 2.75) is 56.7 Å². The van der Waals surface area contributed by atoms with Crippen LogP contribution in [0.1, 0.15) is 48.8 Å². The molecule has 3 atom stereocenters. The normalized spacial score (nSPS) is 17.2. The molecule has 44 heavy (non-hydrogen) atoms. The van der Waals surface area contributed by atoms with E-state index in [2.05, 4.69) is 20.9 Å². The number of aliphatic hydroxyl groups is 1. The van der Waals surface area contributed by atoms with E-state index in [1.54, 1.807) is 24.3 Å². The Morgan fingerprint density at radius 3 is 2.30 bits per heavy atom. The first kappa shape index (κ1) is 32.9. The number of carbonyl (C=O) groups is 2. The Balaban J connectivity index is 1.32. The van der Waals surface area contributed by atoms with E-state index < -0.39 is 35.4 Å². The number of anilines is 1. The summed E-state index contributed by atoms with van der Waals surface area (Å²) in [7, 11) is 0. The van der Waals surface area contributed by atoms with E-state index in [9.17, 15) is 27.9 Å². The number of benzene rings is 2. The van der Waals surface area contributed by atoms with Crippen LogP contribution in [0.3, 0.4) is 0 Å². The van der Waals surface area contributed by atoms with Crippen molar-refractivity contribution in [3.05, 3.63) is 95.1 Å². The first-order valence-electron chi connectivity index (χ1n) is 14.6. The summed E-state index contributed by atoms with van der Waals surface area (Å²) in [5, 5.41) is 17.8. The monoisotopic (exact) mass is 614 g/mol. The Bertz CT molecular complexity index is 1320. The topological polar surface area (TPSA) is 122 Å². The first-order chi connectivity index (χ1) is 21.2. The molecule has 1 unspecified atom stereocenters. The number of amides is 2. The number of alkyl carbamates (subject to hydrolysis) is 1. The summed E-state index contributed by atoms with van der Waals surface area (Å²) in [6.45, 7) is 2.50. The van der Waals surface area contributed by atoms with Crippen molar-refractivity contribution in [1.82, 2.24) is 15.6 Å². The third-order valence-corrected chi connectivity index (χ3v) is 7.55. The molecule has 1 saturated heterocycles. The molecule has 0 spiro atoms. The minimum absolute atomic E-state index is 0.0521. The van der Waals surface area contributed by atoms with Gasteiger partial charge in [0.25, 0.3) is 0 Å². The van der Waals surface area contributed by atoms with Crippen molar-refractivity contribution in [3.8, 4) is 0 Å². The van der Waals surface area contributed by atoms with Crippen molar-refractivity contribution >= 4 is 17.7 Å². The van der Waals surface area contributed by atoms with Gasteiger partial charge in [-0.3, -0.25) is 9.78 Å². The molecule has 2 amide bonds. The average molecular weight is 615 g/mol. The molecule has 3 aromatic rings. The SMILES string of the molecule is CCC(CO)NC(=O)OC[C@@H]1CO[C@H](CCc2c(F)cncc2NC(=O)CC(c2ccc(F)cc2)c2ccc(F)cc2)CN1. The van der Waals surface area contributed by atoms with E-state index in [4.69, 9.17) is 9.47 Å². The molecule has 1 aliphatic heterocycles. The number of hydrogen-bond acceptors (Lipinski definition) is 7. The number of morpholine rings is 1. The number of rotatable bonds is 13. The molecule has 0 bridgehead atoms. The maximum atomic E-state index is 14.9. The van der Waals surface area contributed by atoms with Crippen LogP contribution in [0.25, 0.3) is 0 Å². The van der Waals surface area contributed by atoms with Gasteiger partial charge in [0.2, 0.25) is 5.91 Å². The molecule has 0 saturated carbocycles. The number of halogens is 3. The summed E-state index contributed by atoms with van der Waals surface area (Å²) in [4.78, 5) is 29.0. The van der Waals surface area contributed by atoms with Gasteiger partial charge in [-0.25, -0.2) is 18.0 Å². The molecular weight excluding hydrogens is 577 g/mol. The highest BCUT2D eigenvalue weighted by atomic mass is 19.1. The summed E-state index contributed by atoms with van der Waals surface area (Å²) in [5.74, 6) is -2.30. The van der Waals surface area contributed by atoms with Crippen molar-refractivity contribution in [3.63, 3.8) is 0 Å². The maximum absolute atomic E-state index is 14.9. The van der Waals surface area contributed by atoms with Crippen LogP contribution < -0.4 is 16.0 Å². The molecule has 4 rings (SSSR count). The molecule has 0 aliphatic carbocycles. The Kier molecular flexibility index (Phi) is 12.1. The number of aliphatic hydroxyl groups excluding tert-OH is 1. The molecule has 1 aromatic heterocycles. The van der Waals surface area contributed by atoms with Gasteiger partial charge in [0.05, 0.1) is 49.5 Å². The predicted molar refractivity (Wildman–Crippen MR) is 158 cm³/mol. The lowest BCUT2D eigenvalue weighted by Crippen LogP contribution is -2.49. The Morgan fingerprint density at radius 1 is 1.07 bits per heavy atom. The zero-order valence-electron chi connectivity index (χ0n) is 24.4. The third kappa shape index (κ3) is 9.50. The van der Waals surface area contributed by atoms with Crippen LogP contribution >= 0.6 is 0 Å². The number of aromatic nitrogens is 1. The van der Waals surface area contributed by atoms with Crippen LogP contribution in [0.2, 0.25) is 0 Å². The highest BCUT2D eigenvalue weighted by Crippen LogP contribution is 2.30. The van der Waals surface area contributed by atoms with Gasteiger partial charge in [-0.1, -0.05) is 31.2 Å². The molecule has 2 heterocycles. The molecule has 236 valence electrons. The van der Waals surface area contributed by atoms with Gasteiger partial charge in [-0.05, 0) is 54.7 Å². The Hall–Kier alpha value is -4.00. The summed E-state index contributed by atoms with van der Waals surface area (Å²) in [6.07, 6.45) is 2.86. The molecule has 0 radical (unpaired) electrons. The van der Waals surface area contributed by atoms with Crippen LogP contribution in [0.5, 0.6) is 0 Å². The zero-order chi connectivity index (χ0) is 31.5. The van der Waals surface area contributed by atoms with E-state index in [1.807, 2.05) is 6.92 Å². The van der Waals surface area contributed by atoms with Gasteiger partial charge in [0.1, 0.15) is 24.1 Å². The lowest BCUT2D eigenvalue weighted by Gasteiger charge is -2.30. The second-order valence-electron chi connectivity index (χ2n) is 10.7. The molecule has 4 N–H and O–H groups in total. The number of ether oxygens (including phenoxy) is 2. The lowest BCUT2D eigenvalue weighted by molar-refractivity contribution is -0.116. The summed E-state index contributed by atoms with van der Waals surface area (Å²) < 4.78 is 53.2. The quantitative estimate of drug-likeness (QED) is 0.225. The largest absolute Gasteiger partial charge is 0.448 e. The van der Waals surface area contributed by atoms with E-state index in [0.29, 0.717) is 30.5 Å². The average Bonchev–Trinajstić information content (AvgIpc) is 3.02. The van der Waals surface area contributed by atoms with Gasteiger partial charge in [0, 0.05) is 24.4 Å². The van der Waals surface area contributed by atoms with Crippen molar-refractivity contribution in [2.75, 3.05) is 31.7 Å². The van der Waals surface area contributed by atoms with Crippen LogP contribution in [-0.4, -0.2) is 66.6 Å². The van der Waals surface area contributed by atoms with E-state index in [1.165, 1.54) is 30.5 Å². The van der Waals surface area contributed by atoms with Gasteiger partial charge < -0.3 is 30.5 Å². The van der Waals surface area contributed by atoms with E-state index in [-0.39, 0.29) is 62.1 Å². The van der Waals surface area contributed by atoms with Crippen LogP contribution in [0.15, 0.2) is 60.9 Å². The summed E-state index contributed by atoms with van der Waals surface area (Å²) in [6, 6.07) is 10.9. The van der Waals surface area contributed by atoms with Crippen LogP contribution in [0.4, 0.5) is 23.7 Å². The van der Waals surface area contributed by atoms with Gasteiger partial charge in [-0.15, -0.1) is 0 Å². The molecular formula is C32H37F3N4O5. The number of nitrogens with zero attached hydrogens (tertiary/aromatic N) is 1. The minimum Gasteiger partial charge on any atom is -0.448 e. The number of hydrogen-bond donors (Lipinski definition) is 4. The third-order valence-electron chi connectivity index (χ3n) is 7.55.